The molecule has 1 unspecified atom stereocenters. The predicted molar refractivity (Wildman–Crippen MR) is 61.7 cm³/mol. The molecule has 1 fully saturated rings. The molecule has 4 amide bonds. The predicted octanol–water partition coefficient (Wildman–Crippen LogP) is 1.39. The van der Waals surface area contributed by atoms with Gasteiger partial charge in [-0.05, 0) is 6.42 Å². The minimum atomic E-state index is -0.755. The summed E-state index contributed by atoms with van der Waals surface area (Å²) < 4.78 is 0.514. The van der Waals surface area contributed by atoms with E-state index in [0.717, 1.165) is 4.90 Å². The van der Waals surface area contributed by atoms with E-state index in [1.54, 1.807) is 0 Å². The third kappa shape index (κ3) is 2.69. The molecule has 0 aromatic rings. The zero-order chi connectivity index (χ0) is 12.3. The molecule has 0 aromatic heterocycles. The Labute approximate surface area is 102 Å². The number of urea groups is 1. The second-order valence-corrected chi connectivity index (χ2v) is 4.70. The monoisotopic (exact) mass is 288 g/mol. The average Bonchev–Trinajstić information content (AvgIpc) is 2.19. The maximum atomic E-state index is 11.9. The molecule has 16 heavy (non-hydrogen) atoms. The molecule has 6 heteroatoms. The first-order valence-electron chi connectivity index (χ1n) is 4.96. The normalized spacial score (nSPS) is 21.0. The van der Waals surface area contributed by atoms with Crippen molar-refractivity contribution in [3.05, 3.63) is 11.1 Å². The summed E-state index contributed by atoms with van der Waals surface area (Å²) in [6.07, 6.45) is 1.16. The van der Waals surface area contributed by atoms with Crippen molar-refractivity contribution in [2.45, 2.75) is 19.8 Å². The number of nitrogens with zero attached hydrogens (tertiary/aromatic N) is 1. The summed E-state index contributed by atoms with van der Waals surface area (Å²) in [6, 6.07) is -0.678. The third-order valence-corrected chi connectivity index (χ3v) is 2.51. The number of hydrogen-bond donors (Lipinski definition) is 1. The van der Waals surface area contributed by atoms with Gasteiger partial charge in [-0.1, -0.05) is 35.9 Å². The highest BCUT2D eigenvalue weighted by Crippen LogP contribution is 2.17. The lowest BCUT2D eigenvalue weighted by molar-refractivity contribution is -0.142. The molecule has 0 saturated carbocycles. The second kappa shape index (κ2) is 5.25. The van der Waals surface area contributed by atoms with E-state index in [2.05, 4.69) is 27.8 Å². The number of carbonyl (C=O) groups excluding carboxylic acids is 3. The Balaban J connectivity index is 2.85. The summed E-state index contributed by atoms with van der Waals surface area (Å²) in [4.78, 5) is 35.7. The summed E-state index contributed by atoms with van der Waals surface area (Å²) in [5.74, 6) is -1.71. The lowest BCUT2D eigenvalue weighted by Crippen LogP contribution is -2.58. The number of halogens is 1. The molecular weight excluding hydrogens is 276 g/mol. The molecular formula is C10H13BrN2O3. The number of barbiturate groups is 1. The largest absolute Gasteiger partial charge is 0.331 e. The van der Waals surface area contributed by atoms with Crippen LogP contribution in [0.4, 0.5) is 4.79 Å². The Bertz CT molecular complexity index is 354. The molecule has 1 N–H and O–H groups in total. The van der Waals surface area contributed by atoms with Crippen molar-refractivity contribution >= 4 is 33.8 Å². The van der Waals surface area contributed by atoms with Crippen LogP contribution in [-0.2, 0) is 9.59 Å². The van der Waals surface area contributed by atoms with Gasteiger partial charge in [0, 0.05) is 4.48 Å². The lowest BCUT2D eigenvalue weighted by Gasteiger charge is -2.29. The standard InChI is InChI=1S/C10H13BrN2O3/c1-3-4-7-8(14)12-10(16)13(9(7)15)5-6(2)11/h7H,2-5H2,1H3,(H,12,14,16). The molecule has 1 saturated heterocycles. The molecule has 1 rings (SSSR count). The van der Waals surface area contributed by atoms with Crippen molar-refractivity contribution in [3.8, 4) is 0 Å². The minimum absolute atomic E-state index is 0.0815. The van der Waals surface area contributed by atoms with Crippen LogP contribution in [0.1, 0.15) is 19.8 Å². The Morgan fingerprint density at radius 1 is 1.50 bits per heavy atom. The van der Waals surface area contributed by atoms with Gasteiger partial charge in [0.2, 0.25) is 11.8 Å². The molecule has 0 aromatic carbocycles. The first-order chi connectivity index (χ1) is 7.47. The summed E-state index contributed by atoms with van der Waals surface area (Å²) in [5, 5.41) is 2.17. The Morgan fingerprint density at radius 2 is 2.12 bits per heavy atom. The van der Waals surface area contributed by atoms with Crippen molar-refractivity contribution in [1.82, 2.24) is 10.2 Å². The van der Waals surface area contributed by atoms with Crippen molar-refractivity contribution in [2.24, 2.45) is 5.92 Å². The first-order valence-corrected chi connectivity index (χ1v) is 5.76. The number of nitrogens with one attached hydrogen (secondary N) is 1. The van der Waals surface area contributed by atoms with E-state index < -0.39 is 23.8 Å². The van der Waals surface area contributed by atoms with Crippen LogP contribution in [-0.4, -0.2) is 29.3 Å². The van der Waals surface area contributed by atoms with E-state index in [1.165, 1.54) is 0 Å². The highest BCUT2D eigenvalue weighted by atomic mass is 79.9. The van der Waals surface area contributed by atoms with E-state index in [4.69, 9.17) is 0 Å². The zero-order valence-electron chi connectivity index (χ0n) is 8.96. The van der Waals surface area contributed by atoms with Crippen molar-refractivity contribution < 1.29 is 14.4 Å². The van der Waals surface area contributed by atoms with Crippen LogP contribution < -0.4 is 5.32 Å². The van der Waals surface area contributed by atoms with Gasteiger partial charge in [0.15, 0.2) is 0 Å². The number of rotatable bonds is 4. The van der Waals surface area contributed by atoms with Gasteiger partial charge in [-0.2, -0.15) is 0 Å². The quantitative estimate of drug-likeness (QED) is 0.795. The second-order valence-electron chi connectivity index (χ2n) is 3.58. The molecule has 1 atom stereocenters. The highest BCUT2D eigenvalue weighted by Gasteiger charge is 2.39. The van der Waals surface area contributed by atoms with Gasteiger partial charge >= 0.3 is 6.03 Å². The summed E-state index contributed by atoms with van der Waals surface area (Å²) in [7, 11) is 0. The smallest absolute Gasteiger partial charge is 0.277 e. The number of amides is 4. The number of carbonyl (C=O) groups is 3. The van der Waals surface area contributed by atoms with Gasteiger partial charge in [-0.25, -0.2) is 4.79 Å². The van der Waals surface area contributed by atoms with Crippen LogP contribution >= 0.6 is 15.9 Å². The van der Waals surface area contributed by atoms with Gasteiger partial charge in [-0.15, -0.1) is 0 Å². The van der Waals surface area contributed by atoms with Gasteiger partial charge in [0.25, 0.3) is 0 Å². The average molecular weight is 289 g/mol. The van der Waals surface area contributed by atoms with E-state index in [-0.39, 0.29) is 6.54 Å². The fourth-order valence-electron chi connectivity index (χ4n) is 1.52. The fourth-order valence-corrected chi connectivity index (χ4v) is 1.78. The maximum absolute atomic E-state index is 11.9. The SMILES string of the molecule is C=C(Br)CN1C(=O)NC(=O)C(CCC)C1=O. The molecule has 0 spiro atoms. The molecule has 1 aliphatic heterocycles. The van der Waals surface area contributed by atoms with E-state index in [1.807, 2.05) is 6.92 Å². The zero-order valence-corrected chi connectivity index (χ0v) is 10.5. The summed E-state index contributed by atoms with van der Waals surface area (Å²) in [5.41, 5.74) is 0. The molecule has 0 radical (unpaired) electrons. The number of hydrogen-bond acceptors (Lipinski definition) is 3. The lowest BCUT2D eigenvalue weighted by atomic mass is 9.99. The van der Waals surface area contributed by atoms with E-state index in [0.29, 0.717) is 17.3 Å². The van der Waals surface area contributed by atoms with Crippen molar-refractivity contribution in [3.63, 3.8) is 0 Å². The molecule has 5 nitrogen and oxygen atoms in total. The van der Waals surface area contributed by atoms with Gasteiger partial charge in [0.1, 0.15) is 5.92 Å². The van der Waals surface area contributed by atoms with Gasteiger partial charge in [-0.3, -0.25) is 19.8 Å². The Hall–Kier alpha value is -1.17. The highest BCUT2D eigenvalue weighted by molar-refractivity contribution is 9.11. The molecule has 1 aliphatic rings. The van der Waals surface area contributed by atoms with Gasteiger partial charge in [0.05, 0.1) is 6.54 Å². The fraction of sp³-hybridized carbons (Fsp3) is 0.500. The van der Waals surface area contributed by atoms with Crippen molar-refractivity contribution in [2.75, 3.05) is 6.54 Å². The van der Waals surface area contributed by atoms with Crippen LogP contribution in [0.3, 0.4) is 0 Å². The maximum Gasteiger partial charge on any atom is 0.331 e. The minimum Gasteiger partial charge on any atom is -0.277 e. The summed E-state index contributed by atoms with van der Waals surface area (Å²) in [6.45, 7) is 5.53. The van der Waals surface area contributed by atoms with Crippen molar-refractivity contribution in [1.29, 1.82) is 0 Å². The molecule has 88 valence electrons. The van der Waals surface area contributed by atoms with Crippen LogP contribution in [0.15, 0.2) is 11.1 Å². The topological polar surface area (TPSA) is 66.5 Å². The van der Waals surface area contributed by atoms with Crippen LogP contribution in [0, 0.1) is 5.92 Å². The van der Waals surface area contributed by atoms with Crippen LogP contribution in [0.25, 0.3) is 0 Å². The van der Waals surface area contributed by atoms with Crippen LogP contribution in [0.5, 0.6) is 0 Å². The molecule has 1 heterocycles. The first kappa shape index (κ1) is 12.9. The van der Waals surface area contributed by atoms with Gasteiger partial charge < -0.3 is 0 Å². The Kier molecular flexibility index (Phi) is 4.23. The number of imide groups is 2. The Morgan fingerprint density at radius 3 is 2.62 bits per heavy atom. The summed E-state index contributed by atoms with van der Waals surface area (Å²) >= 11 is 3.09. The van der Waals surface area contributed by atoms with E-state index >= 15 is 0 Å². The van der Waals surface area contributed by atoms with E-state index in [9.17, 15) is 14.4 Å². The van der Waals surface area contributed by atoms with Crippen LogP contribution in [0.2, 0.25) is 0 Å². The third-order valence-electron chi connectivity index (χ3n) is 2.26. The molecule has 0 bridgehead atoms. The molecule has 0 aliphatic carbocycles.